The van der Waals surface area contributed by atoms with Gasteiger partial charge in [-0.3, -0.25) is 14.4 Å². The largest absolute Gasteiger partial charge is 0.462 e. The maximum Gasteiger partial charge on any atom is 0.309 e. The third-order valence-electron chi connectivity index (χ3n) is 9.19. The monoisotopic (exact) mass is 815 g/mol. The first-order valence-electron chi connectivity index (χ1n) is 23.1. The lowest BCUT2D eigenvalue weighted by molar-refractivity contribution is -0.166. The molecule has 0 saturated heterocycles. The van der Waals surface area contributed by atoms with Crippen molar-refractivity contribution in [3.05, 3.63) is 122 Å². The molecule has 330 valence electrons. The molecule has 6 nitrogen and oxygen atoms in total. The molecule has 0 aromatic rings. The summed E-state index contributed by atoms with van der Waals surface area (Å²) in [5.41, 5.74) is 0. The van der Waals surface area contributed by atoms with E-state index in [1.807, 2.05) is 79.0 Å². The van der Waals surface area contributed by atoms with Gasteiger partial charge in [0.25, 0.3) is 0 Å². The third kappa shape index (κ3) is 44.8. The average molecular weight is 815 g/mol. The fourth-order valence-electron chi connectivity index (χ4n) is 5.78. The highest BCUT2D eigenvalue weighted by Gasteiger charge is 2.19. The molecule has 1 atom stereocenters. The van der Waals surface area contributed by atoms with Crippen LogP contribution in [0.3, 0.4) is 0 Å². The van der Waals surface area contributed by atoms with E-state index in [0.29, 0.717) is 12.8 Å². The molecule has 0 bridgehead atoms. The summed E-state index contributed by atoms with van der Waals surface area (Å²) < 4.78 is 16.6. The van der Waals surface area contributed by atoms with E-state index in [1.54, 1.807) is 6.08 Å². The van der Waals surface area contributed by atoms with Gasteiger partial charge in [-0.15, -0.1) is 0 Å². The number of hydrogen-bond donors (Lipinski definition) is 0. The zero-order valence-corrected chi connectivity index (χ0v) is 37.5. The molecule has 0 aromatic heterocycles. The molecule has 0 amide bonds. The van der Waals surface area contributed by atoms with Crippen molar-refractivity contribution in [1.29, 1.82) is 0 Å². The Balaban J connectivity index is 4.53. The quantitative estimate of drug-likeness (QED) is 0.0202. The number of ether oxygens (including phenoxy) is 3. The Labute approximate surface area is 361 Å². The fraction of sp³-hybridized carbons (Fsp3) is 0.566. The topological polar surface area (TPSA) is 78.9 Å². The first kappa shape index (κ1) is 54.8. The van der Waals surface area contributed by atoms with E-state index in [0.717, 1.165) is 64.2 Å². The average Bonchev–Trinajstić information content (AvgIpc) is 3.23. The molecule has 0 rings (SSSR count). The van der Waals surface area contributed by atoms with E-state index in [1.165, 1.54) is 64.2 Å². The normalized spacial score (nSPS) is 13.2. The van der Waals surface area contributed by atoms with Crippen molar-refractivity contribution >= 4 is 17.9 Å². The van der Waals surface area contributed by atoms with Crippen LogP contribution in [0.15, 0.2) is 122 Å². The number of esters is 3. The highest BCUT2D eigenvalue weighted by atomic mass is 16.6. The molecular weight excluding hydrogens is 733 g/mol. The van der Waals surface area contributed by atoms with Crippen LogP contribution in [0.1, 0.15) is 175 Å². The van der Waals surface area contributed by atoms with Gasteiger partial charge in [0.15, 0.2) is 6.10 Å². The summed E-state index contributed by atoms with van der Waals surface area (Å²) in [5.74, 6) is -1.11. The van der Waals surface area contributed by atoms with Crippen molar-refractivity contribution in [2.45, 2.75) is 181 Å². The van der Waals surface area contributed by atoms with Crippen LogP contribution in [0.2, 0.25) is 0 Å². The SMILES string of the molecule is CC\C=C/C=C\C=C/C=C\C=C\C=C/C=C\CCCCCC(=O)OCC(COC(=O)C/C=C\C/C=C\C/C=C\CC)OC(=O)CCCCCCCCCCCCCCC. The molecular formula is C53H82O6. The molecule has 0 aliphatic heterocycles. The Morgan fingerprint density at radius 2 is 0.797 bits per heavy atom. The minimum Gasteiger partial charge on any atom is -0.462 e. The molecule has 0 heterocycles. The predicted molar refractivity (Wildman–Crippen MR) is 251 cm³/mol. The summed E-state index contributed by atoms with van der Waals surface area (Å²) in [4.78, 5) is 37.7. The third-order valence-corrected chi connectivity index (χ3v) is 9.19. The summed E-state index contributed by atoms with van der Waals surface area (Å²) >= 11 is 0. The number of carbonyl (C=O) groups is 3. The fourth-order valence-corrected chi connectivity index (χ4v) is 5.78. The van der Waals surface area contributed by atoms with E-state index in [9.17, 15) is 14.4 Å². The number of hydrogen-bond acceptors (Lipinski definition) is 6. The molecule has 59 heavy (non-hydrogen) atoms. The van der Waals surface area contributed by atoms with Gasteiger partial charge in [0.2, 0.25) is 0 Å². The molecule has 0 N–H and O–H groups in total. The number of unbranched alkanes of at least 4 members (excludes halogenated alkanes) is 15. The Bertz CT molecular complexity index is 1300. The van der Waals surface area contributed by atoms with Crippen molar-refractivity contribution in [3.8, 4) is 0 Å². The summed E-state index contributed by atoms with van der Waals surface area (Å²) in [5, 5.41) is 0. The molecule has 0 radical (unpaired) electrons. The van der Waals surface area contributed by atoms with Gasteiger partial charge in [-0.05, 0) is 51.4 Å². The Kier molecular flexibility index (Phi) is 43.2. The summed E-state index contributed by atoms with van der Waals surface area (Å²) in [7, 11) is 0. The lowest BCUT2D eigenvalue weighted by Gasteiger charge is -2.18. The van der Waals surface area contributed by atoms with Gasteiger partial charge in [-0.25, -0.2) is 0 Å². The number of carbonyl (C=O) groups excluding carboxylic acids is 3. The maximum atomic E-state index is 12.7. The van der Waals surface area contributed by atoms with Crippen LogP contribution in [0.5, 0.6) is 0 Å². The van der Waals surface area contributed by atoms with E-state index in [-0.39, 0.29) is 38.0 Å². The second kappa shape index (κ2) is 46.5. The first-order chi connectivity index (χ1) is 29.0. The number of allylic oxidation sites excluding steroid dienone is 19. The summed E-state index contributed by atoms with van der Waals surface area (Å²) in [6.45, 7) is 6.20. The Hall–Kier alpha value is -4.19. The van der Waals surface area contributed by atoms with E-state index < -0.39 is 12.1 Å². The van der Waals surface area contributed by atoms with Crippen molar-refractivity contribution in [2.75, 3.05) is 13.2 Å². The Morgan fingerprint density at radius 3 is 1.32 bits per heavy atom. The molecule has 0 aliphatic rings. The van der Waals surface area contributed by atoms with Crippen LogP contribution >= 0.6 is 0 Å². The summed E-state index contributed by atoms with van der Waals surface area (Å²) in [6.07, 6.45) is 63.5. The van der Waals surface area contributed by atoms with Crippen LogP contribution in [0, 0.1) is 0 Å². The van der Waals surface area contributed by atoms with Crippen molar-refractivity contribution in [1.82, 2.24) is 0 Å². The second-order valence-corrected chi connectivity index (χ2v) is 14.8. The van der Waals surface area contributed by atoms with Crippen LogP contribution in [0.4, 0.5) is 0 Å². The van der Waals surface area contributed by atoms with Gasteiger partial charge in [0, 0.05) is 12.8 Å². The molecule has 6 heteroatoms. The van der Waals surface area contributed by atoms with E-state index in [2.05, 4.69) is 57.2 Å². The van der Waals surface area contributed by atoms with Gasteiger partial charge in [0.1, 0.15) is 13.2 Å². The maximum absolute atomic E-state index is 12.7. The van der Waals surface area contributed by atoms with Crippen molar-refractivity contribution < 1.29 is 28.6 Å². The van der Waals surface area contributed by atoms with Gasteiger partial charge < -0.3 is 14.2 Å². The van der Waals surface area contributed by atoms with Crippen LogP contribution in [-0.4, -0.2) is 37.2 Å². The molecule has 0 spiro atoms. The molecule has 0 aliphatic carbocycles. The lowest BCUT2D eigenvalue weighted by atomic mass is 10.0. The molecule has 1 unspecified atom stereocenters. The summed E-state index contributed by atoms with van der Waals surface area (Å²) in [6, 6.07) is 0. The van der Waals surface area contributed by atoms with Crippen LogP contribution in [0.25, 0.3) is 0 Å². The second-order valence-electron chi connectivity index (χ2n) is 14.8. The van der Waals surface area contributed by atoms with Crippen LogP contribution < -0.4 is 0 Å². The van der Waals surface area contributed by atoms with E-state index >= 15 is 0 Å². The van der Waals surface area contributed by atoms with Crippen molar-refractivity contribution in [3.63, 3.8) is 0 Å². The predicted octanol–water partition coefficient (Wildman–Crippen LogP) is 15.0. The smallest absolute Gasteiger partial charge is 0.309 e. The number of rotatable bonds is 39. The highest BCUT2D eigenvalue weighted by molar-refractivity contribution is 5.72. The highest BCUT2D eigenvalue weighted by Crippen LogP contribution is 2.14. The molecule has 0 fully saturated rings. The van der Waals surface area contributed by atoms with Crippen LogP contribution in [-0.2, 0) is 28.6 Å². The zero-order valence-electron chi connectivity index (χ0n) is 37.5. The van der Waals surface area contributed by atoms with Gasteiger partial charge >= 0.3 is 17.9 Å². The standard InChI is InChI=1S/C53H82O6/c1-4-7-10-13-16-19-21-23-24-25-26-27-28-30-31-34-37-40-43-46-52(55)58-49-50(48-57-51(54)45-42-39-36-33-18-15-12-9-6-3)59-53(56)47-44-41-38-35-32-29-22-20-17-14-11-8-5-2/h7,9-10,12-13,16,18-19,21,23-28,30-31,33,39,42,50H,4-6,8,11,14-15,17,20,22,29,32,34-38,40-41,43-49H2,1-3H3/b10-7-,12-9-,16-13-,21-19-,24-23-,26-25+,28-27-,31-30-,33-18-,42-39-. The Morgan fingerprint density at radius 1 is 0.390 bits per heavy atom. The van der Waals surface area contributed by atoms with Gasteiger partial charge in [0.05, 0.1) is 6.42 Å². The first-order valence-corrected chi connectivity index (χ1v) is 23.1. The van der Waals surface area contributed by atoms with Gasteiger partial charge in [-0.2, -0.15) is 0 Å². The molecule has 0 aromatic carbocycles. The van der Waals surface area contributed by atoms with E-state index in [4.69, 9.17) is 14.2 Å². The van der Waals surface area contributed by atoms with Gasteiger partial charge in [-0.1, -0.05) is 226 Å². The zero-order chi connectivity index (χ0) is 43.0. The minimum atomic E-state index is -0.832. The lowest BCUT2D eigenvalue weighted by Crippen LogP contribution is -2.30. The molecule has 0 saturated carbocycles. The minimum absolute atomic E-state index is 0.122. The van der Waals surface area contributed by atoms with Crippen molar-refractivity contribution in [2.24, 2.45) is 0 Å².